The quantitative estimate of drug-likeness (QED) is 0.791. The summed E-state index contributed by atoms with van der Waals surface area (Å²) in [6.45, 7) is 2.16. The third-order valence-electron chi connectivity index (χ3n) is 1.09. The molecule has 4 heteroatoms. The summed E-state index contributed by atoms with van der Waals surface area (Å²) in [5.41, 5.74) is 0. The smallest absolute Gasteiger partial charge is 0.0949 e. The molecule has 0 radical (unpaired) electrons. The van der Waals surface area contributed by atoms with Crippen LogP contribution in [0.2, 0.25) is 0 Å². The summed E-state index contributed by atoms with van der Waals surface area (Å²) in [5.74, 6) is 0. The summed E-state index contributed by atoms with van der Waals surface area (Å²) in [6.07, 6.45) is 0.920. The van der Waals surface area contributed by atoms with Crippen molar-refractivity contribution < 1.29 is 5.11 Å². The summed E-state index contributed by atoms with van der Waals surface area (Å²) in [6, 6.07) is 0. The lowest BCUT2D eigenvalue weighted by Crippen LogP contribution is -2.26. The molecule has 1 N–H and O–H groups in total. The normalized spacial score (nSPS) is 15.7. The third kappa shape index (κ3) is 3.35. The maximum atomic E-state index is 8.69. The van der Waals surface area contributed by atoms with Crippen LogP contribution in [0.5, 0.6) is 0 Å². The maximum Gasteiger partial charge on any atom is 0.0949 e. The molecule has 0 aromatic rings. The Labute approximate surface area is 80.6 Å². The average molecular weight is 325 g/mol. The molecule has 0 spiro atoms. The van der Waals surface area contributed by atoms with Crippen molar-refractivity contribution in [3.63, 3.8) is 0 Å². The first-order valence-corrected chi connectivity index (χ1v) is 5.17. The Kier molecular flexibility index (Phi) is 4.98. The molecular weight excluding hydrogens is 316 g/mol. The number of halogens is 3. The molecule has 0 aromatic heterocycles. The molecule has 0 aliphatic heterocycles. The molecule has 56 valence electrons. The number of rotatable bonds is 3. The van der Waals surface area contributed by atoms with E-state index >= 15 is 0 Å². The molecule has 0 fully saturated rings. The SMILES string of the molecule is CCC(Br)(Br)C(Br)CO. The predicted octanol–water partition coefficient (Wildman–Crippen LogP) is 2.64. The first-order chi connectivity index (χ1) is 4.04. The van der Waals surface area contributed by atoms with Crippen molar-refractivity contribution >= 4 is 47.8 Å². The van der Waals surface area contributed by atoms with Crippen molar-refractivity contribution in [2.24, 2.45) is 0 Å². The third-order valence-corrected chi connectivity index (χ3v) is 5.62. The Bertz CT molecular complexity index is 84.3. The Morgan fingerprint density at radius 3 is 2.11 bits per heavy atom. The van der Waals surface area contributed by atoms with Gasteiger partial charge in [0, 0.05) is 0 Å². The van der Waals surface area contributed by atoms with Crippen molar-refractivity contribution in [2.75, 3.05) is 6.61 Å². The van der Waals surface area contributed by atoms with Gasteiger partial charge in [-0.3, -0.25) is 0 Å². The van der Waals surface area contributed by atoms with Crippen LogP contribution >= 0.6 is 47.8 Å². The fourth-order valence-corrected chi connectivity index (χ4v) is 0.968. The van der Waals surface area contributed by atoms with Crippen molar-refractivity contribution in [1.82, 2.24) is 0 Å². The van der Waals surface area contributed by atoms with Crippen LogP contribution in [0.4, 0.5) is 0 Å². The summed E-state index contributed by atoms with van der Waals surface area (Å²) >= 11 is 10.1. The highest BCUT2D eigenvalue weighted by Crippen LogP contribution is 2.37. The molecule has 1 nitrogen and oxygen atoms in total. The van der Waals surface area contributed by atoms with Crippen molar-refractivity contribution in [3.8, 4) is 0 Å². The highest BCUT2D eigenvalue weighted by atomic mass is 79.9. The van der Waals surface area contributed by atoms with Crippen molar-refractivity contribution in [2.45, 2.75) is 21.4 Å². The van der Waals surface area contributed by atoms with Crippen molar-refractivity contribution in [1.29, 1.82) is 0 Å². The van der Waals surface area contributed by atoms with E-state index in [9.17, 15) is 0 Å². The largest absolute Gasteiger partial charge is 0.395 e. The van der Waals surface area contributed by atoms with E-state index in [1.807, 2.05) is 6.92 Å². The van der Waals surface area contributed by atoms with Gasteiger partial charge in [-0.2, -0.15) is 0 Å². The number of hydrogen-bond acceptors (Lipinski definition) is 1. The van der Waals surface area contributed by atoms with Crippen LogP contribution in [0, 0.1) is 0 Å². The molecule has 0 rings (SSSR count). The van der Waals surface area contributed by atoms with Crippen LogP contribution in [0.1, 0.15) is 13.3 Å². The van der Waals surface area contributed by atoms with Gasteiger partial charge in [0.05, 0.1) is 14.7 Å². The Morgan fingerprint density at radius 1 is 1.56 bits per heavy atom. The highest BCUT2D eigenvalue weighted by Gasteiger charge is 2.28. The number of aliphatic hydroxyl groups excluding tert-OH is 1. The molecule has 0 aliphatic carbocycles. The van der Waals surface area contributed by atoms with E-state index in [0.717, 1.165) is 6.42 Å². The lowest BCUT2D eigenvalue weighted by Gasteiger charge is -2.22. The second-order valence-corrected chi connectivity index (χ2v) is 6.76. The zero-order valence-corrected chi connectivity index (χ0v) is 9.83. The van der Waals surface area contributed by atoms with Gasteiger partial charge >= 0.3 is 0 Å². The highest BCUT2D eigenvalue weighted by molar-refractivity contribution is 9.26. The van der Waals surface area contributed by atoms with Crippen LogP contribution < -0.4 is 0 Å². The van der Waals surface area contributed by atoms with Gasteiger partial charge in [0.25, 0.3) is 0 Å². The maximum absolute atomic E-state index is 8.69. The molecule has 0 heterocycles. The molecule has 0 saturated carbocycles. The lowest BCUT2D eigenvalue weighted by molar-refractivity contribution is 0.292. The molecule has 0 bridgehead atoms. The molecule has 9 heavy (non-hydrogen) atoms. The van der Waals surface area contributed by atoms with Crippen molar-refractivity contribution in [3.05, 3.63) is 0 Å². The Balaban J connectivity index is 3.80. The molecule has 0 amide bonds. The van der Waals surface area contributed by atoms with E-state index in [0.29, 0.717) is 0 Å². The van der Waals surface area contributed by atoms with E-state index < -0.39 is 0 Å². The Hall–Kier alpha value is 1.40. The van der Waals surface area contributed by atoms with E-state index in [2.05, 4.69) is 47.8 Å². The number of aliphatic hydroxyl groups is 1. The summed E-state index contributed by atoms with van der Waals surface area (Å²) < 4.78 is -0.158. The van der Waals surface area contributed by atoms with Crippen LogP contribution in [0.15, 0.2) is 0 Å². The van der Waals surface area contributed by atoms with Gasteiger partial charge in [0.2, 0.25) is 0 Å². The second-order valence-electron chi connectivity index (χ2n) is 1.76. The van der Waals surface area contributed by atoms with Crippen LogP contribution in [-0.2, 0) is 0 Å². The van der Waals surface area contributed by atoms with E-state index in [1.165, 1.54) is 0 Å². The number of alkyl halides is 3. The molecular formula is C5H9Br3O. The van der Waals surface area contributed by atoms with Gasteiger partial charge in [0.1, 0.15) is 0 Å². The van der Waals surface area contributed by atoms with Crippen LogP contribution in [0.3, 0.4) is 0 Å². The summed E-state index contributed by atoms with van der Waals surface area (Å²) in [7, 11) is 0. The van der Waals surface area contributed by atoms with Gasteiger partial charge in [-0.25, -0.2) is 0 Å². The van der Waals surface area contributed by atoms with Crippen LogP contribution in [-0.4, -0.2) is 19.8 Å². The van der Waals surface area contributed by atoms with Gasteiger partial charge in [-0.1, -0.05) is 54.7 Å². The minimum Gasteiger partial charge on any atom is -0.395 e. The molecule has 0 saturated heterocycles. The lowest BCUT2D eigenvalue weighted by atomic mass is 10.3. The summed E-state index contributed by atoms with van der Waals surface area (Å²) in [4.78, 5) is 0.0648. The first kappa shape index (κ1) is 10.4. The molecule has 0 aliphatic rings. The second kappa shape index (κ2) is 4.31. The first-order valence-electron chi connectivity index (χ1n) is 2.67. The fraction of sp³-hybridized carbons (Fsp3) is 1.00. The van der Waals surface area contributed by atoms with Gasteiger partial charge in [-0.05, 0) is 6.42 Å². The average Bonchev–Trinajstić information content (AvgIpc) is 1.86. The van der Waals surface area contributed by atoms with E-state index in [4.69, 9.17) is 5.11 Å². The minimum atomic E-state index is -0.158. The topological polar surface area (TPSA) is 20.2 Å². The minimum absolute atomic E-state index is 0.0648. The predicted molar refractivity (Wildman–Crippen MR) is 50.7 cm³/mol. The zero-order valence-electron chi connectivity index (χ0n) is 5.07. The Morgan fingerprint density at radius 2 is 2.00 bits per heavy atom. The zero-order chi connectivity index (χ0) is 7.49. The number of hydrogen-bond donors (Lipinski definition) is 1. The van der Waals surface area contributed by atoms with Gasteiger partial charge < -0.3 is 5.11 Å². The van der Waals surface area contributed by atoms with Crippen LogP contribution in [0.25, 0.3) is 0 Å². The monoisotopic (exact) mass is 322 g/mol. The van der Waals surface area contributed by atoms with E-state index in [-0.39, 0.29) is 14.7 Å². The molecule has 1 atom stereocenters. The summed E-state index contributed by atoms with van der Waals surface area (Å²) in [5, 5.41) is 8.69. The molecule has 1 unspecified atom stereocenters. The molecule has 0 aromatic carbocycles. The van der Waals surface area contributed by atoms with Gasteiger partial charge in [-0.15, -0.1) is 0 Å². The van der Waals surface area contributed by atoms with E-state index in [1.54, 1.807) is 0 Å². The fourth-order valence-electron chi connectivity index (χ4n) is 0.355. The standard InChI is InChI=1S/C5H9Br3O/c1-2-5(7,8)4(6)3-9/h4,9H,2-3H2,1H3. The van der Waals surface area contributed by atoms with Gasteiger partial charge in [0.15, 0.2) is 0 Å².